The zero-order chi connectivity index (χ0) is 15.1. The summed E-state index contributed by atoms with van der Waals surface area (Å²) in [6.45, 7) is 0.372. The minimum Gasteiger partial charge on any atom is -0.307 e. The zero-order valence-corrected chi connectivity index (χ0v) is 12.3. The van der Waals surface area contributed by atoms with Gasteiger partial charge in [0.05, 0.1) is 12.5 Å². The van der Waals surface area contributed by atoms with Gasteiger partial charge in [0.2, 0.25) is 0 Å². The van der Waals surface area contributed by atoms with Gasteiger partial charge in [-0.3, -0.25) is 4.79 Å². The third-order valence-electron chi connectivity index (χ3n) is 3.12. The molecule has 0 N–H and O–H groups in total. The van der Waals surface area contributed by atoms with Gasteiger partial charge in [-0.1, -0.05) is 30.3 Å². The molecule has 0 bridgehead atoms. The number of halogens is 1. The van der Waals surface area contributed by atoms with Gasteiger partial charge in [-0.25, -0.2) is 0 Å². The van der Waals surface area contributed by atoms with Crippen LogP contribution in [0.4, 0.5) is 5.69 Å². The normalized spacial score (nSPS) is 9.90. The molecule has 0 aliphatic rings. The molecule has 0 heterocycles. The Morgan fingerprint density at radius 1 is 1.10 bits per heavy atom. The lowest BCUT2D eigenvalue weighted by Crippen LogP contribution is -2.31. The Balaban J connectivity index is 2.27. The molecule has 0 unspecified atom stereocenters. The molecule has 0 aliphatic carbocycles. The number of carbonyl (C=O) groups excluding carboxylic acids is 1. The molecule has 0 spiro atoms. The molecule has 0 radical (unpaired) electrons. The molecule has 0 atom stereocenters. The topological polar surface area (TPSA) is 44.1 Å². The predicted octanol–water partition coefficient (Wildman–Crippen LogP) is 3.99. The number of nitriles is 1. The molecule has 0 aliphatic heterocycles. The van der Waals surface area contributed by atoms with E-state index in [4.69, 9.17) is 16.9 Å². The van der Waals surface area contributed by atoms with Crippen molar-refractivity contribution in [1.29, 1.82) is 5.26 Å². The predicted molar refractivity (Wildman–Crippen MR) is 84.3 cm³/mol. The average molecular weight is 299 g/mol. The van der Waals surface area contributed by atoms with E-state index in [-0.39, 0.29) is 5.91 Å². The van der Waals surface area contributed by atoms with Crippen LogP contribution in [0.3, 0.4) is 0 Å². The van der Waals surface area contributed by atoms with Crippen LogP contribution in [0.15, 0.2) is 54.6 Å². The SMILES string of the molecule is N#CCCN(C(=O)c1ccc(CCl)cc1)c1ccccc1. The third kappa shape index (κ3) is 3.84. The summed E-state index contributed by atoms with van der Waals surface area (Å²) in [5.41, 5.74) is 2.35. The van der Waals surface area contributed by atoms with Crippen molar-refractivity contribution in [1.82, 2.24) is 0 Å². The molecular formula is C17H15ClN2O. The Kier molecular flexibility index (Phi) is 5.36. The lowest BCUT2D eigenvalue weighted by molar-refractivity contribution is 0.0987. The minimum atomic E-state index is -0.113. The Bertz CT molecular complexity index is 632. The highest BCUT2D eigenvalue weighted by Crippen LogP contribution is 2.18. The first-order chi connectivity index (χ1) is 10.3. The number of benzene rings is 2. The monoisotopic (exact) mass is 298 g/mol. The van der Waals surface area contributed by atoms with Crippen LogP contribution in [0, 0.1) is 11.3 Å². The van der Waals surface area contributed by atoms with Crippen LogP contribution in [0.25, 0.3) is 0 Å². The molecular weight excluding hydrogens is 284 g/mol. The van der Waals surface area contributed by atoms with Crippen molar-refractivity contribution in [3.05, 3.63) is 65.7 Å². The van der Waals surface area contributed by atoms with Crippen LogP contribution in [-0.2, 0) is 5.88 Å². The van der Waals surface area contributed by atoms with Gasteiger partial charge in [0.15, 0.2) is 0 Å². The largest absolute Gasteiger partial charge is 0.307 e. The second-order valence-electron chi connectivity index (χ2n) is 4.53. The van der Waals surface area contributed by atoms with E-state index in [1.807, 2.05) is 42.5 Å². The molecule has 1 amide bonds. The summed E-state index contributed by atoms with van der Waals surface area (Å²) in [6.07, 6.45) is 0.292. The second kappa shape index (κ2) is 7.47. The highest BCUT2D eigenvalue weighted by atomic mass is 35.5. The van der Waals surface area contributed by atoms with Crippen molar-refractivity contribution in [3.63, 3.8) is 0 Å². The number of hydrogen-bond acceptors (Lipinski definition) is 2. The number of anilines is 1. The highest BCUT2D eigenvalue weighted by Gasteiger charge is 2.17. The lowest BCUT2D eigenvalue weighted by Gasteiger charge is -2.22. The average Bonchev–Trinajstić information content (AvgIpc) is 2.56. The standard InChI is InChI=1S/C17H15ClN2O/c18-13-14-7-9-15(10-8-14)17(21)20(12-4-11-19)16-5-2-1-3-6-16/h1-3,5-10H,4,12-13H2. The zero-order valence-electron chi connectivity index (χ0n) is 11.5. The molecule has 0 aromatic heterocycles. The van der Waals surface area contributed by atoms with Crippen LogP contribution in [-0.4, -0.2) is 12.5 Å². The molecule has 2 aromatic rings. The molecule has 2 rings (SSSR count). The number of para-hydroxylation sites is 1. The van der Waals surface area contributed by atoms with Gasteiger partial charge in [0.1, 0.15) is 0 Å². The number of nitrogens with zero attached hydrogens (tertiary/aromatic N) is 2. The smallest absolute Gasteiger partial charge is 0.258 e. The fourth-order valence-corrected chi connectivity index (χ4v) is 2.19. The van der Waals surface area contributed by atoms with E-state index in [0.29, 0.717) is 24.4 Å². The summed E-state index contributed by atoms with van der Waals surface area (Å²) < 4.78 is 0. The summed E-state index contributed by atoms with van der Waals surface area (Å²) >= 11 is 5.75. The van der Waals surface area contributed by atoms with Crippen LogP contribution in [0.2, 0.25) is 0 Å². The Morgan fingerprint density at radius 2 is 1.76 bits per heavy atom. The maximum Gasteiger partial charge on any atom is 0.258 e. The Labute approximate surface area is 129 Å². The number of hydrogen-bond donors (Lipinski definition) is 0. The van der Waals surface area contributed by atoms with E-state index in [2.05, 4.69) is 6.07 Å². The van der Waals surface area contributed by atoms with Gasteiger partial charge < -0.3 is 4.90 Å². The van der Waals surface area contributed by atoms with Gasteiger partial charge >= 0.3 is 0 Å². The van der Waals surface area contributed by atoms with Gasteiger partial charge in [-0.2, -0.15) is 5.26 Å². The third-order valence-corrected chi connectivity index (χ3v) is 3.42. The molecule has 4 heteroatoms. The number of alkyl halides is 1. The van der Waals surface area contributed by atoms with E-state index in [1.165, 1.54) is 0 Å². The quantitative estimate of drug-likeness (QED) is 0.784. The Morgan fingerprint density at radius 3 is 2.33 bits per heavy atom. The maximum atomic E-state index is 12.6. The molecule has 106 valence electrons. The molecule has 3 nitrogen and oxygen atoms in total. The van der Waals surface area contributed by atoms with E-state index >= 15 is 0 Å². The highest BCUT2D eigenvalue weighted by molar-refractivity contribution is 6.17. The van der Waals surface area contributed by atoms with E-state index < -0.39 is 0 Å². The van der Waals surface area contributed by atoms with Crippen LogP contribution < -0.4 is 4.90 Å². The van der Waals surface area contributed by atoms with Gasteiger partial charge in [-0.15, -0.1) is 11.6 Å². The van der Waals surface area contributed by atoms with Crippen LogP contribution >= 0.6 is 11.6 Å². The molecule has 2 aromatic carbocycles. The Hall–Kier alpha value is -2.31. The summed E-state index contributed by atoms with van der Waals surface area (Å²) in [4.78, 5) is 14.3. The first-order valence-corrected chi connectivity index (χ1v) is 7.18. The van der Waals surface area contributed by atoms with Crippen molar-refractivity contribution in [2.75, 3.05) is 11.4 Å². The number of rotatable bonds is 5. The maximum absolute atomic E-state index is 12.6. The second-order valence-corrected chi connectivity index (χ2v) is 4.80. The van der Waals surface area contributed by atoms with Crippen LogP contribution in [0.5, 0.6) is 0 Å². The summed E-state index contributed by atoms with van der Waals surface area (Å²) in [5, 5.41) is 8.78. The summed E-state index contributed by atoms with van der Waals surface area (Å²) in [7, 11) is 0. The van der Waals surface area contributed by atoms with Crippen LogP contribution in [0.1, 0.15) is 22.3 Å². The van der Waals surface area contributed by atoms with Gasteiger partial charge in [0.25, 0.3) is 5.91 Å². The first kappa shape index (κ1) is 15.1. The van der Waals surface area contributed by atoms with E-state index in [9.17, 15) is 4.79 Å². The van der Waals surface area contributed by atoms with Gasteiger partial charge in [0, 0.05) is 23.7 Å². The fraction of sp³-hybridized carbons (Fsp3) is 0.176. The molecule has 0 saturated carbocycles. The summed E-state index contributed by atoms with van der Waals surface area (Å²) in [6, 6.07) is 18.7. The van der Waals surface area contributed by atoms with Gasteiger partial charge in [-0.05, 0) is 29.8 Å². The number of carbonyl (C=O) groups is 1. The summed E-state index contributed by atoms with van der Waals surface area (Å²) in [5.74, 6) is 0.309. The van der Waals surface area contributed by atoms with E-state index in [0.717, 1.165) is 11.3 Å². The molecule has 21 heavy (non-hydrogen) atoms. The number of amides is 1. The minimum absolute atomic E-state index is 0.113. The van der Waals surface area contributed by atoms with Crippen molar-refractivity contribution < 1.29 is 4.79 Å². The van der Waals surface area contributed by atoms with E-state index in [1.54, 1.807) is 17.0 Å². The molecule has 0 fully saturated rings. The van der Waals surface area contributed by atoms with Crippen molar-refractivity contribution in [3.8, 4) is 6.07 Å². The van der Waals surface area contributed by atoms with Crippen molar-refractivity contribution in [2.24, 2.45) is 0 Å². The first-order valence-electron chi connectivity index (χ1n) is 6.65. The van der Waals surface area contributed by atoms with Crippen molar-refractivity contribution in [2.45, 2.75) is 12.3 Å². The van der Waals surface area contributed by atoms with Crippen molar-refractivity contribution >= 4 is 23.2 Å². The lowest BCUT2D eigenvalue weighted by atomic mass is 10.1. The fourth-order valence-electron chi connectivity index (χ4n) is 2.01. The molecule has 0 saturated heterocycles.